The number of anilines is 1. The van der Waals surface area contributed by atoms with Crippen LogP contribution in [0, 0.1) is 0 Å². The van der Waals surface area contributed by atoms with Gasteiger partial charge in [0.25, 0.3) is 0 Å². The molecule has 1 atom stereocenters. The summed E-state index contributed by atoms with van der Waals surface area (Å²) in [6.07, 6.45) is 0. The Hall–Kier alpha value is -3.28. The summed E-state index contributed by atoms with van der Waals surface area (Å²) in [4.78, 5) is 0. The molecule has 6 heteroatoms. The third-order valence-corrected chi connectivity index (χ3v) is 3.95. The highest BCUT2D eigenvalue weighted by Crippen LogP contribution is 2.23. The lowest BCUT2D eigenvalue weighted by atomic mass is 10.0. The Labute approximate surface area is 139 Å². The highest BCUT2D eigenvalue weighted by Gasteiger charge is 2.08. The molecule has 0 saturated heterocycles. The van der Waals surface area contributed by atoms with Gasteiger partial charge in [-0.1, -0.05) is 54.6 Å². The van der Waals surface area contributed by atoms with Crippen molar-refractivity contribution in [1.82, 2.24) is 25.3 Å². The molecule has 0 unspecified atom stereocenters. The first-order valence-electron chi connectivity index (χ1n) is 7.77. The van der Waals surface area contributed by atoms with Crippen molar-refractivity contribution >= 4 is 11.5 Å². The summed E-state index contributed by atoms with van der Waals surface area (Å²) in [7, 11) is 0. The molecule has 4 aromatic rings. The predicted octanol–water partition coefficient (Wildman–Crippen LogP) is 3.36. The first-order chi connectivity index (χ1) is 11.8. The van der Waals surface area contributed by atoms with Crippen LogP contribution in [0.15, 0.2) is 66.7 Å². The van der Waals surface area contributed by atoms with Gasteiger partial charge < -0.3 is 5.32 Å². The second kappa shape index (κ2) is 6.08. The van der Waals surface area contributed by atoms with E-state index in [1.807, 2.05) is 30.3 Å². The fourth-order valence-corrected chi connectivity index (χ4v) is 2.63. The Morgan fingerprint density at radius 3 is 2.42 bits per heavy atom. The number of fused-ring (bicyclic) bond motifs is 1. The van der Waals surface area contributed by atoms with E-state index in [0.29, 0.717) is 5.65 Å². The number of nitrogens with one attached hydrogen (secondary N) is 1. The summed E-state index contributed by atoms with van der Waals surface area (Å²) in [6.45, 7) is 2.10. The SMILES string of the molecule is C[C@@H](Nc1ccc2nnnn2n1)c1ccc(-c2ccccc2)cc1. The van der Waals surface area contributed by atoms with Gasteiger partial charge in [-0.05, 0) is 46.2 Å². The number of benzene rings is 2. The maximum Gasteiger partial charge on any atom is 0.200 e. The molecule has 0 fully saturated rings. The summed E-state index contributed by atoms with van der Waals surface area (Å²) in [5.41, 5.74) is 4.24. The van der Waals surface area contributed by atoms with E-state index >= 15 is 0 Å². The van der Waals surface area contributed by atoms with Crippen LogP contribution in [0.4, 0.5) is 5.82 Å². The van der Waals surface area contributed by atoms with Crippen LogP contribution in [-0.2, 0) is 0 Å². The van der Waals surface area contributed by atoms with E-state index < -0.39 is 0 Å². The molecule has 2 aromatic heterocycles. The van der Waals surface area contributed by atoms with E-state index in [-0.39, 0.29) is 6.04 Å². The van der Waals surface area contributed by atoms with Crippen LogP contribution in [0.3, 0.4) is 0 Å². The summed E-state index contributed by atoms with van der Waals surface area (Å²) in [5.74, 6) is 0.731. The summed E-state index contributed by atoms with van der Waals surface area (Å²) in [5, 5.41) is 19.0. The highest BCUT2D eigenvalue weighted by atomic mass is 15.6. The maximum absolute atomic E-state index is 4.34. The molecule has 118 valence electrons. The first-order valence-corrected chi connectivity index (χ1v) is 7.77. The average molecular weight is 316 g/mol. The van der Waals surface area contributed by atoms with Crippen molar-refractivity contribution in [2.45, 2.75) is 13.0 Å². The molecular weight excluding hydrogens is 300 g/mol. The smallest absolute Gasteiger partial charge is 0.200 e. The average Bonchev–Trinajstić information content (AvgIpc) is 3.10. The molecule has 0 bridgehead atoms. The maximum atomic E-state index is 4.34. The van der Waals surface area contributed by atoms with E-state index in [1.165, 1.54) is 21.3 Å². The van der Waals surface area contributed by atoms with Gasteiger partial charge in [0.1, 0.15) is 5.82 Å². The minimum atomic E-state index is 0.122. The van der Waals surface area contributed by atoms with Gasteiger partial charge in [0.05, 0.1) is 0 Å². The van der Waals surface area contributed by atoms with Crippen molar-refractivity contribution in [3.8, 4) is 11.1 Å². The van der Waals surface area contributed by atoms with E-state index in [0.717, 1.165) is 5.82 Å². The lowest BCUT2D eigenvalue weighted by Crippen LogP contribution is -2.09. The zero-order chi connectivity index (χ0) is 16.4. The van der Waals surface area contributed by atoms with E-state index in [4.69, 9.17) is 0 Å². The normalized spacial score (nSPS) is 12.2. The molecule has 2 aromatic carbocycles. The molecular formula is C18H16N6. The third kappa shape index (κ3) is 2.81. The predicted molar refractivity (Wildman–Crippen MR) is 92.5 cm³/mol. The van der Waals surface area contributed by atoms with Gasteiger partial charge in [-0.25, -0.2) is 0 Å². The molecule has 0 spiro atoms. The Morgan fingerprint density at radius 2 is 1.62 bits per heavy atom. The van der Waals surface area contributed by atoms with Gasteiger partial charge in [-0.2, -0.15) is 0 Å². The Morgan fingerprint density at radius 1 is 0.875 bits per heavy atom. The van der Waals surface area contributed by atoms with Gasteiger partial charge in [0, 0.05) is 6.04 Å². The van der Waals surface area contributed by atoms with E-state index in [2.05, 4.69) is 69.3 Å². The molecule has 1 N–H and O–H groups in total. The lowest BCUT2D eigenvalue weighted by Gasteiger charge is -2.15. The number of nitrogens with zero attached hydrogens (tertiary/aromatic N) is 5. The second-order valence-corrected chi connectivity index (χ2v) is 5.60. The van der Waals surface area contributed by atoms with Crippen molar-refractivity contribution in [2.75, 3.05) is 5.32 Å². The fraction of sp³-hybridized carbons (Fsp3) is 0.111. The van der Waals surface area contributed by atoms with Crippen molar-refractivity contribution in [3.05, 3.63) is 72.3 Å². The van der Waals surface area contributed by atoms with Crippen molar-refractivity contribution in [3.63, 3.8) is 0 Å². The molecule has 0 radical (unpaired) electrons. The summed E-state index contributed by atoms with van der Waals surface area (Å²) in [6, 6.07) is 22.7. The van der Waals surface area contributed by atoms with Crippen LogP contribution in [0.2, 0.25) is 0 Å². The van der Waals surface area contributed by atoms with Crippen LogP contribution >= 0.6 is 0 Å². The van der Waals surface area contributed by atoms with Crippen LogP contribution in [-0.4, -0.2) is 25.3 Å². The number of aromatic nitrogens is 5. The van der Waals surface area contributed by atoms with Gasteiger partial charge >= 0.3 is 0 Å². The molecule has 4 rings (SSSR count). The Balaban J connectivity index is 1.52. The molecule has 6 nitrogen and oxygen atoms in total. The van der Waals surface area contributed by atoms with E-state index in [1.54, 1.807) is 0 Å². The lowest BCUT2D eigenvalue weighted by molar-refractivity contribution is 0.728. The van der Waals surface area contributed by atoms with Crippen LogP contribution in [0.25, 0.3) is 16.8 Å². The zero-order valence-corrected chi connectivity index (χ0v) is 13.2. The topological polar surface area (TPSA) is 68.0 Å². The van der Waals surface area contributed by atoms with Gasteiger partial charge in [0.2, 0.25) is 0 Å². The Kier molecular flexibility index (Phi) is 3.63. The second-order valence-electron chi connectivity index (χ2n) is 5.60. The molecule has 0 aliphatic rings. The zero-order valence-electron chi connectivity index (χ0n) is 13.2. The van der Waals surface area contributed by atoms with Crippen molar-refractivity contribution < 1.29 is 0 Å². The molecule has 0 saturated carbocycles. The highest BCUT2D eigenvalue weighted by molar-refractivity contribution is 5.63. The largest absolute Gasteiger partial charge is 0.362 e. The van der Waals surface area contributed by atoms with Crippen molar-refractivity contribution in [2.24, 2.45) is 0 Å². The van der Waals surface area contributed by atoms with Crippen molar-refractivity contribution in [1.29, 1.82) is 0 Å². The number of hydrogen-bond donors (Lipinski definition) is 1. The monoisotopic (exact) mass is 316 g/mol. The molecule has 24 heavy (non-hydrogen) atoms. The van der Waals surface area contributed by atoms with Crippen LogP contribution < -0.4 is 5.32 Å². The van der Waals surface area contributed by atoms with Gasteiger partial charge in [0.15, 0.2) is 5.65 Å². The summed E-state index contributed by atoms with van der Waals surface area (Å²) >= 11 is 0. The molecule has 0 amide bonds. The third-order valence-electron chi connectivity index (χ3n) is 3.95. The molecule has 2 heterocycles. The number of rotatable bonds is 4. The van der Waals surface area contributed by atoms with Crippen LogP contribution in [0.1, 0.15) is 18.5 Å². The number of hydrogen-bond acceptors (Lipinski definition) is 5. The van der Waals surface area contributed by atoms with Gasteiger partial charge in [-0.3, -0.25) is 0 Å². The number of tetrazole rings is 1. The molecule has 0 aliphatic carbocycles. The van der Waals surface area contributed by atoms with Crippen LogP contribution in [0.5, 0.6) is 0 Å². The summed E-state index contributed by atoms with van der Waals surface area (Å²) < 4.78 is 1.41. The molecule has 0 aliphatic heterocycles. The fourth-order valence-electron chi connectivity index (χ4n) is 2.63. The van der Waals surface area contributed by atoms with Gasteiger partial charge in [-0.15, -0.1) is 14.8 Å². The quantitative estimate of drug-likeness (QED) is 0.625. The Bertz CT molecular complexity index is 946. The first kappa shape index (κ1) is 14.3. The minimum Gasteiger partial charge on any atom is -0.362 e. The minimum absolute atomic E-state index is 0.122. The standard InChI is InChI=1S/C18H16N6/c1-13(19-17-11-12-18-20-22-23-24(18)21-17)14-7-9-16(10-8-14)15-5-3-2-4-6-15/h2-13H,1H3,(H,19,21)/t13-/m1/s1. The van der Waals surface area contributed by atoms with E-state index in [9.17, 15) is 0 Å².